The third kappa shape index (κ3) is 4.94. The lowest BCUT2D eigenvalue weighted by Crippen LogP contribution is -2.20. The predicted octanol–water partition coefficient (Wildman–Crippen LogP) is 4.59. The summed E-state index contributed by atoms with van der Waals surface area (Å²) in [7, 11) is -3.89. The highest BCUT2D eigenvalue weighted by atomic mass is 32.2. The number of carbonyl (C=O) groups excluding carboxylic acids is 1. The van der Waals surface area contributed by atoms with Gasteiger partial charge in [-0.25, -0.2) is 31.0 Å². The zero-order valence-corrected chi connectivity index (χ0v) is 18.8. The second-order valence-electron chi connectivity index (χ2n) is 7.48. The molecule has 35 heavy (non-hydrogen) atoms. The van der Waals surface area contributed by atoms with E-state index in [4.69, 9.17) is 0 Å². The Morgan fingerprint density at radius 2 is 1.77 bits per heavy atom. The minimum Gasteiger partial charge on any atom is -0.320 e. The van der Waals surface area contributed by atoms with Crippen molar-refractivity contribution in [1.29, 1.82) is 0 Å². The predicted molar refractivity (Wildman–Crippen MR) is 121 cm³/mol. The number of rotatable bonds is 7. The molecule has 2 aromatic carbocycles. The van der Waals surface area contributed by atoms with E-state index >= 15 is 0 Å². The summed E-state index contributed by atoms with van der Waals surface area (Å²) >= 11 is 0. The van der Waals surface area contributed by atoms with Gasteiger partial charge in [0.15, 0.2) is 23.1 Å². The summed E-state index contributed by atoms with van der Waals surface area (Å²) in [5, 5.41) is 9.23. The second kappa shape index (κ2) is 9.33. The molecule has 0 saturated heterocycles. The molecule has 0 bridgehead atoms. The first-order valence-electron chi connectivity index (χ1n) is 10.2. The summed E-state index contributed by atoms with van der Waals surface area (Å²) in [6.45, 7) is 1.61. The standard InChI is InChI=1S/C22H17F4N5O3S/c1-2-7-35(33,34)31-17-6-5-15(24)18(19(17)26)22(32)28-12-9-13-20(29-30-21(13)27-10-12)11-3-4-14(23)16(25)8-11/h3-6,8-10,31H,2,7H2,1H3,(H,28,32)(H,27,29,30). The van der Waals surface area contributed by atoms with Crippen LogP contribution in [0.4, 0.5) is 28.9 Å². The lowest BCUT2D eigenvalue weighted by Gasteiger charge is -2.12. The van der Waals surface area contributed by atoms with E-state index in [2.05, 4.69) is 20.5 Å². The largest absolute Gasteiger partial charge is 0.320 e. The molecule has 0 saturated carbocycles. The molecule has 0 aliphatic rings. The molecule has 0 atom stereocenters. The minimum atomic E-state index is -3.89. The number of amides is 1. The van der Waals surface area contributed by atoms with Crippen molar-refractivity contribution in [2.75, 3.05) is 15.8 Å². The fourth-order valence-electron chi connectivity index (χ4n) is 3.36. The molecule has 0 aliphatic heterocycles. The normalized spacial score (nSPS) is 11.6. The van der Waals surface area contributed by atoms with Crippen LogP contribution in [0.25, 0.3) is 22.3 Å². The first kappa shape index (κ1) is 24.1. The molecule has 182 valence electrons. The molecule has 13 heteroatoms. The molecule has 0 aliphatic carbocycles. The smallest absolute Gasteiger partial charge is 0.261 e. The first-order chi connectivity index (χ1) is 16.6. The van der Waals surface area contributed by atoms with E-state index in [0.29, 0.717) is 5.39 Å². The van der Waals surface area contributed by atoms with E-state index in [9.17, 15) is 30.8 Å². The number of fused-ring (bicyclic) bond motifs is 1. The van der Waals surface area contributed by atoms with Gasteiger partial charge in [0, 0.05) is 10.9 Å². The number of nitrogens with zero attached hydrogens (tertiary/aromatic N) is 2. The number of pyridine rings is 1. The molecule has 1 amide bonds. The zero-order valence-electron chi connectivity index (χ0n) is 18.0. The Morgan fingerprint density at radius 3 is 2.49 bits per heavy atom. The number of H-pyrrole nitrogens is 1. The summed E-state index contributed by atoms with van der Waals surface area (Å²) in [6.07, 6.45) is 1.45. The van der Waals surface area contributed by atoms with Gasteiger partial charge in [-0.15, -0.1) is 0 Å². The van der Waals surface area contributed by atoms with Crippen molar-refractivity contribution >= 4 is 38.3 Å². The molecular weight excluding hydrogens is 490 g/mol. The Morgan fingerprint density at radius 1 is 1.03 bits per heavy atom. The molecule has 2 aromatic heterocycles. The van der Waals surface area contributed by atoms with Crippen LogP contribution in [0, 0.1) is 23.3 Å². The van der Waals surface area contributed by atoms with Gasteiger partial charge in [0.2, 0.25) is 10.0 Å². The maximum absolute atomic E-state index is 14.9. The number of carbonyl (C=O) groups is 1. The van der Waals surface area contributed by atoms with Gasteiger partial charge in [0.1, 0.15) is 11.4 Å². The summed E-state index contributed by atoms with van der Waals surface area (Å²) < 4.78 is 82.1. The van der Waals surface area contributed by atoms with E-state index < -0.39 is 50.5 Å². The molecule has 0 spiro atoms. The Balaban J connectivity index is 1.66. The SMILES string of the molecule is CCCS(=O)(=O)Nc1ccc(F)c(C(=O)Nc2cnc3n[nH]c(-c4ccc(F)c(F)c4)c3c2)c1F. The molecule has 8 nitrogen and oxygen atoms in total. The van der Waals surface area contributed by atoms with Crippen molar-refractivity contribution in [2.24, 2.45) is 0 Å². The number of nitrogens with one attached hydrogen (secondary N) is 3. The Kier molecular flexibility index (Phi) is 6.43. The van der Waals surface area contributed by atoms with E-state index in [-0.39, 0.29) is 34.8 Å². The third-order valence-electron chi connectivity index (χ3n) is 4.93. The average Bonchev–Trinajstić information content (AvgIpc) is 3.21. The van der Waals surface area contributed by atoms with Gasteiger partial charge in [-0.3, -0.25) is 14.6 Å². The highest BCUT2D eigenvalue weighted by Gasteiger charge is 2.23. The van der Waals surface area contributed by atoms with Crippen LogP contribution in [0.5, 0.6) is 0 Å². The monoisotopic (exact) mass is 507 g/mol. The highest BCUT2D eigenvalue weighted by molar-refractivity contribution is 7.92. The highest BCUT2D eigenvalue weighted by Crippen LogP contribution is 2.29. The van der Waals surface area contributed by atoms with Crippen LogP contribution >= 0.6 is 0 Å². The topological polar surface area (TPSA) is 117 Å². The molecule has 2 heterocycles. The summed E-state index contributed by atoms with van der Waals surface area (Å²) in [4.78, 5) is 16.7. The molecule has 0 fully saturated rings. The lowest BCUT2D eigenvalue weighted by atomic mass is 10.1. The molecule has 4 rings (SSSR count). The fourth-order valence-corrected chi connectivity index (χ4v) is 4.49. The van der Waals surface area contributed by atoms with Crippen molar-refractivity contribution in [1.82, 2.24) is 15.2 Å². The third-order valence-corrected chi connectivity index (χ3v) is 6.41. The van der Waals surface area contributed by atoms with E-state index in [1.807, 2.05) is 4.72 Å². The Bertz CT molecular complexity index is 1560. The maximum atomic E-state index is 14.9. The number of benzene rings is 2. The van der Waals surface area contributed by atoms with Gasteiger partial charge >= 0.3 is 0 Å². The number of sulfonamides is 1. The summed E-state index contributed by atoms with van der Waals surface area (Å²) in [5.41, 5.74) is -0.854. The van der Waals surface area contributed by atoms with Crippen molar-refractivity contribution in [3.63, 3.8) is 0 Å². The van der Waals surface area contributed by atoms with Crippen molar-refractivity contribution < 1.29 is 30.8 Å². The number of hydrogen-bond acceptors (Lipinski definition) is 5. The van der Waals surface area contributed by atoms with Crippen molar-refractivity contribution in [3.05, 3.63) is 71.4 Å². The average molecular weight is 507 g/mol. The molecule has 0 radical (unpaired) electrons. The number of aromatic amines is 1. The molecule has 3 N–H and O–H groups in total. The fraction of sp³-hybridized carbons (Fsp3) is 0.136. The quantitative estimate of drug-likeness (QED) is 0.317. The van der Waals surface area contributed by atoms with Gasteiger partial charge in [-0.05, 0) is 42.8 Å². The van der Waals surface area contributed by atoms with E-state index in [1.165, 1.54) is 18.3 Å². The Hall–Kier alpha value is -4.00. The number of aromatic nitrogens is 3. The van der Waals surface area contributed by atoms with Gasteiger partial charge in [-0.1, -0.05) is 6.92 Å². The van der Waals surface area contributed by atoms with Crippen LogP contribution in [0.1, 0.15) is 23.7 Å². The van der Waals surface area contributed by atoms with Gasteiger partial charge in [0.25, 0.3) is 5.91 Å². The van der Waals surface area contributed by atoms with Gasteiger partial charge in [0.05, 0.1) is 29.0 Å². The molecule has 0 unspecified atom stereocenters. The molecular formula is C22H17F4N5O3S. The number of anilines is 2. The van der Waals surface area contributed by atoms with Crippen LogP contribution in [0.3, 0.4) is 0 Å². The summed E-state index contributed by atoms with van der Waals surface area (Å²) in [5.74, 6) is -6.20. The van der Waals surface area contributed by atoms with Crippen molar-refractivity contribution in [3.8, 4) is 11.3 Å². The Labute approximate surface area is 196 Å². The van der Waals surface area contributed by atoms with E-state index in [0.717, 1.165) is 24.3 Å². The number of halogens is 4. The first-order valence-corrected chi connectivity index (χ1v) is 11.8. The van der Waals surface area contributed by atoms with Gasteiger partial charge < -0.3 is 5.32 Å². The van der Waals surface area contributed by atoms with Crippen molar-refractivity contribution in [2.45, 2.75) is 13.3 Å². The van der Waals surface area contributed by atoms with Crippen LogP contribution < -0.4 is 10.0 Å². The van der Waals surface area contributed by atoms with Crippen LogP contribution in [-0.2, 0) is 10.0 Å². The maximum Gasteiger partial charge on any atom is 0.261 e. The van der Waals surface area contributed by atoms with Crippen LogP contribution in [0.15, 0.2) is 42.6 Å². The lowest BCUT2D eigenvalue weighted by molar-refractivity contribution is 0.101. The minimum absolute atomic E-state index is 0.0171. The van der Waals surface area contributed by atoms with Crippen LogP contribution in [0.2, 0.25) is 0 Å². The second-order valence-corrected chi connectivity index (χ2v) is 9.32. The summed E-state index contributed by atoms with van der Waals surface area (Å²) in [6, 6.07) is 6.21. The number of hydrogen-bond donors (Lipinski definition) is 3. The van der Waals surface area contributed by atoms with E-state index in [1.54, 1.807) is 6.92 Å². The van der Waals surface area contributed by atoms with Crippen LogP contribution in [-0.4, -0.2) is 35.3 Å². The zero-order chi connectivity index (χ0) is 25.3. The molecule has 4 aromatic rings. The van der Waals surface area contributed by atoms with Gasteiger partial charge in [-0.2, -0.15) is 5.10 Å².